The van der Waals surface area contributed by atoms with Crippen molar-refractivity contribution in [1.29, 1.82) is 0 Å². The Hall–Kier alpha value is -1.18. The van der Waals surface area contributed by atoms with Gasteiger partial charge in [0.15, 0.2) is 6.39 Å². The Labute approximate surface area is 97.2 Å². The molecular formula is C9H10N2O3S2. The zero-order valence-corrected chi connectivity index (χ0v) is 9.92. The third-order valence-electron chi connectivity index (χ3n) is 1.92. The molecule has 2 aromatic heterocycles. The third-order valence-corrected chi connectivity index (χ3v) is 4.78. The summed E-state index contributed by atoms with van der Waals surface area (Å²) in [4.78, 5) is 3.90. The van der Waals surface area contributed by atoms with E-state index >= 15 is 0 Å². The van der Waals surface area contributed by atoms with Gasteiger partial charge in [-0.1, -0.05) is 6.07 Å². The molecule has 2 heterocycles. The molecule has 0 atom stereocenters. The van der Waals surface area contributed by atoms with Crippen LogP contribution in [0.25, 0.3) is 0 Å². The molecule has 0 aromatic carbocycles. The van der Waals surface area contributed by atoms with Gasteiger partial charge in [0, 0.05) is 13.0 Å². The molecule has 7 heteroatoms. The largest absolute Gasteiger partial charge is 0.451 e. The average molecular weight is 258 g/mol. The number of nitrogens with zero attached hydrogens (tertiary/aromatic N) is 1. The Morgan fingerprint density at radius 1 is 1.50 bits per heavy atom. The molecular weight excluding hydrogens is 248 g/mol. The SMILES string of the molecule is O=S(=O)(NCCc1cocn1)c1cccs1. The third kappa shape index (κ3) is 2.69. The maximum absolute atomic E-state index is 11.7. The number of rotatable bonds is 5. The lowest BCUT2D eigenvalue weighted by Crippen LogP contribution is -2.25. The van der Waals surface area contributed by atoms with Gasteiger partial charge in [-0.25, -0.2) is 18.1 Å². The van der Waals surface area contributed by atoms with Crippen molar-refractivity contribution in [2.75, 3.05) is 6.54 Å². The van der Waals surface area contributed by atoms with Crippen LogP contribution in [0.4, 0.5) is 0 Å². The van der Waals surface area contributed by atoms with Crippen molar-refractivity contribution in [2.45, 2.75) is 10.6 Å². The Kier molecular flexibility index (Phi) is 3.37. The molecule has 0 radical (unpaired) electrons. The first kappa shape index (κ1) is 11.3. The number of hydrogen-bond acceptors (Lipinski definition) is 5. The molecule has 0 saturated carbocycles. The summed E-state index contributed by atoms with van der Waals surface area (Å²) in [5.41, 5.74) is 0.730. The molecule has 5 nitrogen and oxygen atoms in total. The van der Waals surface area contributed by atoms with E-state index in [1.807, 2.05) is 0 Å². The first-order chi connectivity index (χ1) is 7.68. The summed E-state index contributed by atoms with van der Waals surface area (Å²) in [6.07, 6.45) is 3.34. The number of sulfonamides is 1. The molecule has 0 aliphatic carbocycles. The van der Waals surface area contributed by atoms with Crippen molar-refractivity contribution in [2.24, 2.45) is 0 Å². The van der Waals surface area contributed by atoms with Crippen LogP contribution < -0.4 is 4.72 Å². The molecule has 0 fully saturated rings. The van der Waals surface area contributed by atoms with Crippen molar-refractivity contribution in [3.8, 4) is 0 Å². The van der Waals surface area contributed by atoms with Gasteiger partial charge < -0.3 is 4.42 Å². The van der Waals surface area contributed by atoms with E-state index in [2.05, 4.69) is 9.71 Å². The van der Waals surface area contributed by atoms with Gasteiger partial charge in [-0.15, -0.1) is 11.3 Å². The molecule has 1 N–H and O–H groups in total. The molecule has 0 amide bonds. The van der Waals surface area contributed by atoms with Gasteiger partial charge in [0.1, 0.15) is 10.5 Å². The van der Waals surface area contributed by atoms with Crippen molar-refractivity contribution in [1.82, 2.24) is 9.71 Å². The van der Waals surface area contributed by atoms with E-state index in [9.17, 15) is 8.42 Å². The van der Waals surface area contributed by atoms with Crippen LogP contribution >= 0.6 is 11.3 Å². The highest BCUT2D eigenvalue weighted by atomic mass is 32.2. The predicted octanol–water partition coefficient (Wildman–Crippen LogP) is 1.26. The van der Waals surface area contributed by atoms with Crippen LogP contribution in [0.5, 0.6) is 0 Å². The Bertz CT molecular complexity index is 517. The van der Waals surface area contributed by atoms with Gasteiger partial charge in [0.05, 0.1) is 5.69 Å². The van der Waals surface area contributed by atoms with E-state index in [4.69, 9.17) is 4.42 Å². The fourth-order valence-corrected chi connectivity index (χ4v) is 3.23. The van der Waals surface area contributed by atoms with Crippen LogP contribution in [-0.4, -0.2) is 19.9 Å². The van der Waals surface area contributed by atoms with Gasteiger partial charge in [0.25, 0.3) is 0 Å². The molecule has 0 unspecified atom stereocenters. The second-order valence-electron chi connectivity index (χ2n) is 3.06. The Morgan fingerprint density at radius 3 is 3.00 bits per heavy atom. The number of oxazole rings is 1. The maximum atomic E-state index is 11.7. The lowest BCUT2D eigenvalue weighted by Gasteiger charge is -2.02. The maximum Gasteiger partial charge on any atom is 0.250 e. The van der Waals surface area contributed by atoms with Crippen LogP contribution in [0.15, 0.2) is 38.8 Å². The summed E-state index contributed by atoms with van der Waals surface area (Å²) < 4.78 is 31.0. The van der Waals surface area contributed by atoms with E-state index in [1.165, 1.54) is 24.0 Å². The van der Waals surface area contributed by atoms with Crippen LogP contribution in [0.3, 0.4) is 0 Å². The zero-order chi connectivity index (χ0) is 11.4. The highest BCUT2D eigenvalue weighted by Gasteiger charge is 2.13. The van der Waals surface area contributed by atoms with Gasteiger partial charge >= 0.3 is 0 Å². The summed E-state index contributed by atoms with van der Waals surface area (Å²) in [5, 5.41) is 1.73. The quantitative estimate of drug-likeness (QED) is 0.876. The molecule has 2 aromatic rings. The molecule has 0 aliphatic rings. The monoisotopic (exact) mass is 258 g/mol. The zero-order valence-electron chi connectivity index (χ0n) is 8.29. The minimum atomic E-state index is -3.36. The van der Waals surface area contributed by atoms with Gasteiger partial charge in [-0.3, -0.25) is 0 Å². The lowest BCUT2D eigenvalue weighted by atomic mass is 10.3. The smallest absolute Gasteiger partial charge is 0.250 e. The molecule has 0 bridgehead atoms. The minimum absolute atomic E-state index is 0.312. The lowest BCUT2D eigenvalue weighted by molar-refractivity contribution is 0.555. The minimum Gasteiger partial charge on any atom is -0.451 e. The van der Waals surface area contributed by atoms with Crippen molar-refractivity contribution < 1.29 is 12.8 Å². The van der Waals surface area contributed by atoms with Crippen molar-refractivity contribution in [3.05, 3.63) is 35.9 Å². The fraction of sp³-hybridized carbons (Fsp3) is 0.222. The van der Waals surface area contributed by atoms with Gasteiger partial charge in [-0.05, 0) is 11.4 Å². The number of nitrogens with one attached hydrogen (secondary N) is 1. The van der Waals surface area contributed by atoms with Gasteiger partial charge in [0.2, 0.25) is 10.0 Å². The summed E-state index contributed by atoms with van der Waals surface area (Å²) in [5.74, 6) is 0. The summed E-state index contributed by atoms with van der Waals surface area (Å²) >= 11 is 1.19. The molecule has 86 valence electrons. The highest BCUT2D eigenvalue weighted by molar-refractivity contribution is 7.91. The second-order valence-corrected chi connectivity index (χ2v) is 6.00. The van der Waals surface area contributed by atoms with E-state index in [0.29, 0.717) is 17.2 Å². The van der Waals surface area contributed by atoms with E-state index < -0.39 is 10.0 Å². The van der Waals surface area contributed by atoms with Crippen molar-refractivity contribution in [3.63, 3.8) is 0 Å². The molecule has 0 saturated heterocycles. The normalized spacial score (nSPS) is 11.8. The van der Waals surface area contributed by atoms with Crippen LogP contribution in [0, 0.1) is 0 Å². The first-order valence-corrected chi connectivity index (χ1v) is 6.95. The number of hydrogen-bond donors (Lipinski definition) is 1. The number of thiophene rings is 1. The summed E-state index contributed by atoms with van der Waals surface area (Å²) in [6.45, 7) is 0.312. The predicted molar refractivity (Wildman–Crippen MR) is 59.7 cm³/mol. The van der Waals surface area contributed by atoms with Gasteiger partial charge in [-0.2, -0.15) is 0 Å². The summed E-state index contributed by atoms with van der Waals surface area (Å²) in [6, 6.07) is 3.28. The van der Waals surface area contributed by atoms with E-state index in [0.717, 1.165) is 5.69 Å². The fourth-order valence-electron chi connectivity index (χ4n) is 1.16. The Balaban J connectivity index is 1.91. The molecule has 0 spiro atoms. The second kappa shape index (κ2) is 4.77. The first-order valence-electron chi connectivity index (χ1n) is 4.59. The van der Waals surface area contributed by atoms with Crippen LogP contribution in [0.1, 0.15) is 5.69 Å². The van der Waals surface area contributed by atoms with E-state index in [-0.39, 0.29) is 0 Å². The molecule has 16 heavy (non-hydrogen) atoms. The topological polar surface area (TPSA) is 72.2 Å². The molecule has 2 rings (SSSR count). The highest BCUT2D eigenvalue weighted by Crippen LogP contribution is 2.14. The summed E-state index contributed by atoms with van der Waals surface area (Å²) in [7, 11) is -3.36. The number of aromatic nitrogens is 1. The standard InChI is InChI=1S/C9H10N2O3S2/c12-16(13,9-2-1-5-15-9)11-4-3-8-6-14-7-10-8/h1-2,5-7,11H,3-4H2. The van der Waals surface area contributed by atoms with Crippen LogP contribution in [0.2, 0.25) is 0 Å². The van der Waals surface area contributed by atoms with Crippen LogP contribution in [-0.2, 0) is 16.4 Å². The average Bonchev–Trinajstić information content (AvgIpc) is 2.90. The van der Waals surface area contributed by atoms with E-state index in [1.54, 1.807) is 17.5 Å². The Morgan fingerprint density at radius 2 is 2.38 bits per heavy atom. The van der Waals surface area contributed by atoms with Crippen molar-refractivity contribution >= 4 is 21.4 Å². The molecule has 0 aliphatic heterocycles.